The number of amides is 1. The molecule has 8 heteroatoms. The highest BCUT2D eigenvalue weighted by Gasteiger charge is 2.33. The van der Waals surface area contributed by atoms with Crippen molar-refractivity contribution in [2.24, 2.45) is 0 Å². The molecule has 3 heterocycles. The minimum absolute atomic E-state index is 0.214. The average molecular weight is 454 g/mol. The van der Waals surface area contributed by atoms with E-state index in [-0.39, 0.29) is 11.7 Å². The van der Waals surface area contributed by atoms with Crippen molar-refractivity contribution in [3.63, 3.8) is 0 Å². The summed E-state index contributed by atoms with van der Waals surface area (Å²) in [6, 6.07) is 1.25. The molecule has 3 N–H and O–H groups in total. The molecule has 0 bridgehead atoms. The maximum atomic E-state index is 14.3. The number of hydrogen-bond acceptors (Lipinski definition) is 4. The Morgan fingerprint density at radius 2 is 2.28 bits per heavy atom. The van der Waals surface area contributed by atoms with Gasteiger partial charge in [-0.15, -0.1) is 0 Å². The number of allylic oxidation sites excluding steroid dienone is 2. The highest BCUT2D eigenvalue weighted by Crippen LogP contribution is 2.33. The summed E-state index contributed by atoms with van der Waals surface area (Å²) in [5, 5.41) is 13.4. The molecule has 1 amide bonds. The number of aliphatic hydroxyl groups excluding tert-OH is 1. The number of halogens is 2. The summed E-state index contributed by atoms with van der Waals surface area (Å²) < 4.78 is 15.2. The van der Waals surface area contributed by atoms with Crippen LogP contribution in [0, 0.1) is 0 Å². The molecule has 25 heavy (non-hydrogen) atoms. The quantitative estimate of drug-likeness (QED) is 0.624. The molecule has 130 valence electrons. The number of anilines is 1. The zero-order valence-corrected chi connectivity index (χ0v) is 15.3. The van der Waals surface area contributed by atoms with E-state index in [2.05, 4.69) is 37.9 Å². The third-order valence-corrected chi connectivity index (χ3v) is 5.19. The summed E-state index contributed by atoms with van der Waals surface area (Å²) in [5.41, 5.74) is 1.67. The van der Waals surface area contributed by atoms with Gasteiger partial charge in [-0.05, 0) is 41.2 Å². The number of nitrogens with zero attached hydrogens (tertiary/aromatic N) is 2. The van der Waals surface area contributed by atoms with E-state index in [1.165, 1.54) is 6.08 Å². The van der Waals surface area contributed by atoms with Crippen molar-refractivity contribution in [3.05, 3.63) is 45.7 Å². The van der Waals surface area contributed by atoms with Crippen molar-refractivity contribution in [2.75, 3.05) is 18.4 Å². The Balaban J connectivity index is 1.70. The van der Waals surface area contributed by atoms with Gasteiger partial charge in [-0.25, -0.2) is 4.39 Å². The number of pyridine rings is 1. The molecule has 0 aromatic carbocycles. The lowest BCUT2D eigenvalue weighted by Gasteiger charge is -2.35. The van der Waals surface area contributed by atoms with E-state index < -0.39 is 12.1 Å². The van der Waals surface area contributed by atoms with Gasteiger partial charge in [0.15, 0.2) is 0 Å². The molecule has 1 aliphatic heterocycles. The van der Waals surface area contributed by atoms with E-state index in [0.717, 1.165) is 14.5 Å². The van der Waals surface area contributed by atoms with Crippen LogP contribution in [0.4, 0.5) is 10.1 Å². The molecular weight excluding hydrogens is 438 g/mol. The number of hydrogen-bond donors (Lipinski definition) is 3. The third kappa shape index (κ3) is 3.04. The predicted octanol–water partition coefficient (Wildman–Crippen LogP) is 2.74. The fourth-order valence-electron chi connectivity index (χ4n) is 3.06. The Bertz CT molecular complexity index is 901. The number of aromatic nitrogens is 2. The standard InChI is InChI=1S/C17H16FIN4O2/c18-12-5-9(19)1-2-14(12)22-15-11-6-20-4-3-13(11)21-16(15)17(25)23-7-10(24)8-23/h1,3-6,10,14,21-22,24H,2,7-8H2. The van der Waals surface area contributed by atoms with E-state index in [0.29, 0.717) is 30.9 Å². The molecule has 0 spiro atoms. The fourth-order valence-corrected chi connectivity index (χ4v) is 3.61. The number of carbonyl (C=O) groups excluding carboxylic acids is 1. The lowest BCUT2D eigenvalue weighted by molar-refractivity contribution is 0.00563. The molecule has 2 aromatic heterocycles. The molecule has 4 rings (SSSR count). The molecule has 6 nitrogen and oxygen atoms in total. The second-order valence-electron chi connectivity index (χ2n) is 6.21. The highest BCUT2D eigenvalue weighted by molar-refractivity contribution is 14.1. The van der Waals surface area contributed by atoms with Crippen molar-refractivity contribution in [3.8, 4) is 0 Å². The summed E-state index contributed by atoms with van der Waals surface area (Å²) in [4.78, 5) is 21.5. The van der Waals surface area contributed by atoms with E-state index in [9.17, 15) is 14.3 Å². The number of fused-ring (bicyclic) bond motifs is 1. The van der Waals surface area contributed by atoms with Gasteiger partial charge in [0.25, 0.3) is 5.91 Å². The van der Waals surface area contributed by atoms with Crippen LogP contribution >= 0.6 is 22.6 Å². The summed E-state index contributed by atoms with van der Waals surface area (Å²) >= 11 is 2.08. The Kier molecular flexibility index (Phi) is 4.24. The van der Waals surface area contributed by atoms with Gasteiger partial charge in [-0.2, -0.15) is 0 Å². The average Bonchev–Trinajstić information content (AvgIpc) is 2.92. The SMILES string of the molecule is O=C(c1[nH]c2ccncc2c1NC1CC=C(I)C=C1F)N1CC(O)C1. The molecule has 0 radical (unpaired) electrons. The first-order chi connectivity index (χ1) is 12.0. The van der Waals surface area contributed by atoms with Gasteiger partial charge in [-0.3, -0.25) is 9.78 Å². The summed E-state index contributed by atoms with van der Waals surface area (Å²) in [5.74, 6) is -0.475. The van der Waals surface area contributed by atoms with Gasteiger partial charge in [-0.1, -0.05) is 6.08 Å². The molecule has 0 saturated carbocycles. The Morgan fingerprint density at radius 3 is 3.00 bits per heavy atom. The monoisotopic (exact) mass is 454 g/mol. The van der Waals surface area contributed by atoms with Crippen LogP contribution in [0.25, 0.3) is 10.9 Å². The van der Waals surface area contributed by atoms with Gasteiger partial charge < -0.3 is 20.3 Å². The van der Waals surface area contributed by atoms with Crippen LogP contribution in [0.2, 0.25) is 0 Å². The number of β-amino-alcohol motifs (C(OH)–C–C–N with tert-alkyl or cyclic N) is 1. The zero-order valence-electron chi connectivity index (χ0n) is 13.2. The van der Waals surface area contributed by atoms with Crippen molar-refractivity contribution < 1.29 is 14.3 Å². The maximum Gasteiger partial charge on any atom is 0.272 e. The van der Waals surface area contributed by atoms with Crippen molar-refractivity contribution >= 4 is 45.1 Å². The second kappa shape index (κ2) is 6.41. The van der Waals surface area contributed by atoms with Crippen LogP contribution in [0.1, 0.15) is 16.9 Å². The van der Waals surface area contributed by atoms with E-state index in [4.69, 9.17) is 0 Å². The van der Waals surface area contributed by atoms with Crippen molar-refractivity contribution in [2.45, 2.75) is 18.6 Å². The first-order valence-corrected chi connectivity index (χ1v) is 9.03. The minimum atomic E-state index is -0.522. The third-order valence-electron chi connectivity index (χ3n) is 4.44. The van der Waals surface area contributed by atoms with E-state index >= 15 is 0 Å². The van der Waals surface area contributed by atoms with Crippen LogP contribution < -0.4 is 5.32 Å². The van der Waals surface area contributed by atoms with Crippen LogP contribution in [-0.2, 0) is 0 Å². The minimum Gasteiger partial charge on any atom is -0.389 e. The van der Waals surface area contributed by atoms with Crippen LogP contribution in [0.3, 0.4) is 0 Å². The Hall–Kier alpha value is -1.94. The number of carbonyl (C=O) groups is 1. The number of nitrogens with one attached hydrogen (secondary N) is 2. The van der Waals surface area contributed by atoms with E-state index in [1.54, 1.807) is 23.4 Å². The molecule has 2 aromatic rings. The fraction of sp³-hybridized carbons (Fsp3) is 0.294. The van der Waals surface area contributed by atoms with Crippen molar-refractivity contribution in [1.29, 1.82) is 0 Å². The summed E-state index contributed by atoms with van der Waals surface area (Å²) in [7, 11) is 0. The molecule has 1 aliphatic carbocycles. The smallest absolute Gasteiger partial charge is 0.272 e. The highest BCUT2D eigenvalue weighted by atomic mass is 127. The van der Waals surface area contributed by atoms with Crippen LogP contribution in [-0.4, -0.2) is 51.1 Å². The van der Waals surface area contributed by atoms with Gasteiger partial charge in [0.05, 0.1) is 23.3 Å². The summed E-state index contributed by atoms with van der Waals surface area (Å²) in [6.07, 6.45) is 6.75. The van der Waals surface area contributed by atoms with E-state index in [1.807, 2.05) is 6.08 Å². The Labute approximate surface area is 156 Å². The summed E-state index contributed by atoms with van der Waals surface area (Å²) in [6.45, 7) is 0.620. The topological polar surface area (TPSA) is 81.2 Å². The number of aromatic amines is 1. The molecule has 1 atom stereocenters. The van der Waals surface area contributed by atoms with Crippen molar-refractivity contribution in [1.82, 2.24) is 14.9 Å². The van der Waals surface area contributed by atoms with Crippen LogP contribution in [0.5, 0.6) is 0 Å². The Morgan fingerprint density at radius 1 is 1.48 bits per heavy atom. The normalized spacial score (nSPS) is 20.9. The molecular formula is C17H16FIN4O2. The lowest BCUT2D eigenvalue weighted by Crippen LogP contribution is -2.53. The number of aliphatic hydroxyl groups is 1. The number of likely N-dealkylation sites (tertiary alicyclic amines) is 1. The van der Waals surface area contributed by atoms with Gasteiger partial charge in [0.1, 0.15) is 11.5 Å². The molecule has 1 saturated heterocycles. The van der Waals surface area contributed by atoms with Gasteiger partial charge >= 0.3 is 0 Å². The molecule has 1 unspecified atom stereocenters. The zero-order chi connectivity index (χ0) is 17.6. The number of H-pyrrole nitrogens is 1. The molecule has 1 fully saturated rings. The number of rotatable bonds is 3. The first-order valence-electron chi connectivity index (χ1n) is 7.95. The van der Waals surface area contributed by atoms with Gasteiger partial charge in [0.2, 0.25) is 0 Å². The predicted molar refractivity (Wildman–Crippen MR) is 101 cm³/mol. The first kappa shape index (κ1) is 16.5. The second-order valence-corrected chi connectivity index (χ2v) is 7.46. The maximum absolute atomic E-state index is 14.3. The van der Waals surface area contributed by atoms with Gasteiger partial charge in [0, 0.05) is 34.4 Å². The molecule has 2 aliphatic rings. The largest absolute Gasteiger partial charge is 0.389 e. The van der Waals surface area contributed by atoms with Crippen LogP contribution in [0.15, 0.2) is 40.0 Å². The lowest BCUT2D eigenvalue weighted by atomic mass is 10.1.